The van der Waals surface area contributed by atoms with Crippen molar-refractivity contribution in [3.63, 3.8) is 0 Å². The molecular weight excluding hydrogens is 185 g/mol. The Balaban J connectivity index is 2.58. The molecule has 1 aromatic rings. The molecule has 0 aromatic heterocycles. The molecule has 78 valence electrons. The Morgan fingerprint density at radius 1 is 1.50 bits per heavy atom. The summed E-state index contributed by atoms with van der Waals surface area (Å²) in [5, 5.41) is 8.84. The van der Waals surface area contributed by atoms with Gasteiger partial charge >= 0.3 is 0 Å². The van der Waals surface area contributed by atoms with Crippen LogP contribution in [0.1, 0.15) is 6.92 Å². The van der Waals surface area contributed by atoms with Crippen LogP contribution >= 0.6 is 0 Å². The Hall–Kier alpha value is -1.13. The second-order valence-corrected chi connectivity index (χ2v) is 3.53. The van der Waals surface area contributed by atoms with E-state index in [1.807, 2.05) is 0 Å². The van der Waals surface area contributed by atoms with Crippen molar-refractivity contribution in [1.82, 2.24) is 0 Å². The summed E-state index contributed by atoms with van der Waals surface area (Å²) in [4.78, 5) is 0. The van der Waals surface area contributed by atoms with Gasteiger partial charge in [0.1, 0.15) is 6.61 Å². The Morgan fingerprint density at radius 3 is 2.71 bits per heavy atom. The van der Waals surface area contributed by atoms with Gasteiger partial charge in [0.05, 0.1) is 12.1 Å². The van der Waals surface area contributed by atoms with Gasteiger partial charge in [-0.15, -0.1) is 0 Å². The number of nitrogens with two attached hydrogens (primary N) is 1. The third-order valence-corrected chi connectivity index (χ3v) is 1.76. The van der Waals surface area contributed by atoms with Gasteiger partial charge < -0.3 is 15.6 Å². The number of aliphatic hydroxyl groups excluding tert-OH is 1. The molecule has 0 aliphatic rings. The van der Waals surface area contributed by atoms with Gasteiger partial charge in [0.2, 0.25) is 0 Å². The van der Waals surface area contributed by atoms with Crippen LogP contribution < -0.4 is 10.5 Å². The highest BCUT2D eigenvalue weighted by atomic mass is 19.1. The lowest BCUT2D eigenvalue weighted by Gasteiger charge is -2.21. The molecule has 3 nitrogen and oxygen atoms in total. The summed E-state index contributed by atoms with van der Waals surface area (Å²) in [6, 6.07) is 6.08. The highest BCUT2D eigenvalue weighted by Crippen LogP contribution is 2.16. The first kappa shape index (κ1) is 10.9. The average Bonchev–Trinajstić information content (AvgIpc) is 2.17. The number of aliphatic hydroxyl groups is 1. The molecule has 0 saturated carbocycles. The van der Waals surface area contributed by atoms with Gasteiger partial charge in [0.25, 0.3) is 0 Å². The first-order chi connectivity index (χ1) is 6.55. The second kappa shape index (κ2) is 4.39. The maximum absolute atomic E-state index is 13.0. The van der Waals surface area contributed by atoms with E-state index < -0.39 is 11.4 Å². The number of ether oxygens (including phenoxy) is 1. The fourth-order valence-corrected chi connectivity index (χ4v) is 0.850. The van der Waals surface area contributed by atoms with Gasteiger partial charge in [-0.05, 0) is 19.1 Å². The summed E-state index contributed by atoms with van der Waals surface area (Å²) in [6.45, 7) is 1.50. The highest BCUT2D eigenvalue weighted by Gasteiger charge is 2.18. The molecule has 1 unspecified atom stereocenters. The SMILES string of the molecule is CC(N)(CO)COc1ccccc1F. The first-order valence-corrected chi connectivity index (χ1v) is 4.32. The van der Waals surface area contributed by atoms with Crippen molar-refractivity contribution in [2.24, 2.45) is 5.73 Å². The Kier molecular flexibility index (Phi) is 3.43. The molecular formula is C10H14FNO2. The molecule has 1 aromatic carbocycles. The Bertz CT molecular complexity index is 302. The van der Waals surface area contributed by atoms with Crippen molar-refractivity contribution in [3.05, 3.63) is 30.1 Å². The maximum Gasteiger partial charge on any atom is 0.165 e. The van der Waals surface area contributed by atoms with E-state index in [-0.39, 0.29) is 19.0 Å². The molecule has 1 rings (SSSR count). The molecule has 0 fully saturated rings. The van der Waals surface area contributed by atoms with Crippen molar-refractivity contribution >= 4 is 0 Å². The lowest BCUT2D eigenvalue weighted by atomic mass is 10.1. The molecule has 0 saturated heterocycles. The van der Waals surface area contributed by atoms with E-state index in [2.05, 4.69) is 0 Å². The lowest BCUT2D eigenvalue weighted by Crippen LogP contribution is -2.46. The molecule has 0 aliphatic carbocycles. The van der Waals surface area contributed by atoms with Crippen LogP contribution in [0.4, 0.5) is 4.39 Å². The summed E-state index contributed by atoms with van der Waals surface area (Å²) in [5.74, 6) is -0.279. The van der Waals surface area contributed by atoms with E-state index in [0.717, 1.165) is 0 Å². The molecule has 0 spiro atoms. The molecule has 3 N–H and O–H groups in total. The van der Waals surface area contributed by atoms with Crippen molar-refractivity contribution in [1.29, 1.82) is 0 Å². The second-order valence-electron chi connectivity index (χ2n) is 3.53. The molecule has 0 amide bonds. The van der Waals surface area contributed by atoms with E-state index >= 15 is 0 Å². The number of benzene rings is 1. The summed E-state index contributed by atoms with van der Waals surface area (Å²) in [6.07, 6.45) is 0. The minimum Gasteiger partial charge on any atom is -0.489 e. The van der Waals surface area contributed by atoms with Gasteiger partial charge in [-0.1, -0.05) is 12.1 Å². The van der Waals surface area contributed by atoms with Crippen LogP contribution in [-0.2, 0) is 0 Å². The predicted octanol–water partition coefficient (Wildman–Crippen LogP) is 0.914. The third-order valence-electron chi connectivity index (χ3n) is 1.76. The number of hydrogen-bond acceptors (Lipinski definition) is 3. The molecule has 0 bridgehead atoms. The number of para-hydroxylation sites is 1. The predicted molar refractivity (Wildman–Crippen MR) is 51.6 cm³/mol. The van der Waals surface area contributed by atoms with Crippen molar-refractivity contribution in [3.8, 4) is 5.75 Å². The van der Waals surface area contributed by atoms with Crippen molar-refractivity contribution in [2.75, 3.05) is 13.2 Å². The number of rotatable bonds is 4. The molecule has 4 heteroatoms. The summed E-state index contributed by atoms with van der Waals surface area (Å²) < 4.78 is 18.2. The van der Waals surface area contributed by atoms with Gasteiger partial charge in [-0.3, -0.25) is 0 Å². The lowest BCUT2D eigenvalue weighted by molar-refractivity contribution is 0.143. The standard InChI is InChI=1S/C10H14FNO2/c1-10(12,6-13)7-14-9-5-3-2-4-8(9)11/h2-5,13H,6-7,12H2,1H3. The Labute approximate surface area is 82.3 Å². The van der Waals surface area contributed by atoms with E-state index in [1.165, 1.54) is 12.1 Å². The molecule has 0 heterocycles. The number of hydrogen-bond donors (Lipinski definition) is 2. The summed E-state index contributed by atoms with van der Waals surface area (Å²) >= 11 is 0. The summed E-state index contributed by atoms with van der Waals surface area (Å²) in [7, 11) is 0. The van der Waals surface area contributed by atoms with Crippen LogP contribution in [0.2, 0.25) is 0 Å². The van der Waals surface area contributed by atoms with Gasteiger partial charge in [-0.25, -0.2) is 4.39 Å². The van der Waals surface area contributed by atoms with Crippen LogP contribution in [0.3, 0.4) is 0 Å². The van der Waals surface area contributed by atoms with E-state index in [9.17, 15) is 4.39 Å². The van der Waals surface area contributed by atoms with Crippen LogP contribution in [0.15, 0.2) is 24.3 Å². The maximum atomic E-state index is 13.0. The molecule has 0 radical (unpaired) electrons. The quantitative estimate of drug-likeness (QED) is 0.758. The minimum absolute atomic E-state index is 0.0738. The molecule has 1 atom stereocenters. The zero-order chi connectivity index (χ0) is 10.6. The van der Waals surface area contributed by atoms with E-state index in [4.69, 9.17) is 15.6 Å². The van der Waals surface area contributed by atoms with Crippen molar-refractivity contribution < 1.29 is 14.2 Å². The van der Waals surface area contributed by atoms with Crippen LogP contribution in [0.5, 0.6) is 5.75 Å². The fraction of sp³-hybridized carbons (Fsp3) is 0.400. The van der Waals surface area contributed by atoms with Gasteiger partial charge in [0, 0.05) is 0 Å². The zero-order valence-corrected chi connectivity index (χ0v) is 8.03. The first-order valence-electron chi connectivity index (χ1n) is 4.32. The van der Waals surface area contributed by atoms with Gasteiger partial charge in [-0.2, -0.15) is 0 Å². The molecule has 0 aliphatic heterocycles. The molecule has 14 heavy (non-hydrogen) atoms. The zero-order valence-electron chi connectivity index (χ0n) is 8.03. The third kappa shape index (κ3) is 2.97. The highest BCUT2D eigenvalue weighted by molar-refractivity contribution is 5.23. The summed E-state index contributed by atoms with van der Waals surface area (Å²) in [5.41, 5.74) is 4.77. The Morgan fingerprint density at radius 2 is 2.14 bits per heavy atom. The van der Waals surface area contributed by atoms with Crippen LogP contribution in [0, 0.1) is 5.82 Å². The van der Waals surface area contributed by atoms with Gasteiger partial charge in [0.15, 0.2) is 11.6 Å². The minimum atomic E-state index is -0.845. The normalized spacial score (nSPS) is 14.9. The average molecular weight is 199 g/mol. The van der Waals surface area contributed by atoms with E-state index in [0.29, 0.717) is 0 Å². The fourth-order valence-electron chi connectivity index (χ4n) is 0.850. The van der Waals surface area contributed by atoms with Crippen LogP contribution in [-0.4, -0.2) is 23.9 Å². The largest absolute Gasteiger partial charge is 0.489 e. The van der Waals surface area contributed by atoms with Crippen molar-refractivity contribution in [2.45, 2.75) is 12.5 Å². The smallest absolute Gasteiger partial charge is 0.165 e. The number of halogens is 1. The van der Waals surface area contributed by atoms with Crippen LogP contribution in [0.25, 0.3) is 0 Å². The topological polar surface area (TPSA) is 55.5 Å². The monoisotopic (exact) mass is 199 g/mol. The van der Waals surface area contributed by atoms with E-state index in [1.54, 1.807) is 19.1 Å².